The quantitative estimate of drug-likeness (QED) is 0.781. The van der Waals surface area contributed by atoms with Gasteiger partial charge in [-0.1, -0.05) is 50.2 Å². The van der Waals surface area contributed by atoms with Crippen molar-refractivity contribution in [3.63, 3.8) is 0 Å². The number of nitrogens with zero attached hydrogens (tertiary/aromatic N) is 1. The van der Waals surface area contributed by atoms with Gasteiger partial charge in [0.05, 0.1) is 0 Å². The van der Waals surface area contributed by atoms with E-state index in [1.165, 1.54) is 0 Å². The first-order valence-electron chi connectivity index (χ1n) is 7.53. The van der Waals surface area contributed by atoms with Crippen LogP contribution in [0.25, 0.3) is 0 Å². The Balaban J connectivity index is 2.76. The fourth-order valence-electron chi connectivity index (χ4n) is 2.86. The Bertz CT molecular complexity index is 612. The van der Waals surface area contributed by atoms with E-state index in [9.17, 15) is 4.57 Å². The molecule has 2 aromatic rings. The average Bonchev–Trinajstić information content (AvgIpc) is 2.49. The van der Waals surface area contributed by atoms with Crippen molar-refractivity contribution in [3.05, 3.63) is 59.7 Å². The van der Waals surface area contributed by atoms with Crippen molar-refractivity contribution in [1.82, 2.24) is 4.67 Å². The van der Waals surface area contributed by atoms with Crippen LogP contribution in [0.5, 0.6) is 0 Å². The van der Waals surface area contributed by atoms with Gasteiger partial charge in [0.1, 0.15) is 0 Å². The lowest BCUT2D eigenvalue weighted by molar-refractivity contribution is 0.458. The molecule has 0 heterocycles. The predicted octanol–water partition coefficient (Wildman–Crippen LogP) is 3.87. The smallest absolute Gasteiger partial charge is 0.207 e. The Kier molecular flexibility index (Phi) is 5.03. The molecule has 0 saturated heterocycles. The van der Waals surface area contributed by atoms with Crippen LogP contribution in [-0.4, -0.2) is 17.8 Å². The maximum absolute atomic E-state index is 14.1. The normalized spacial score (nSPS) is 11.9. The second-order valence-corrected chi connectivity index (χ2v) is 7.97. The highest BCUT2D eigenvalue weighted by molar-refractivity contribution is 7.76. The minimum atomic E-state index is -2.78. The van der Waals surface area contributed by atoms with Gasteiger partial charge in [0, 0.05) is 23.7 Å². The van der Waals surface area contributed by atoms with Crippen molar-refractivity contribution in [2.24, 2.45) is 0 Å². The molecule has 0 unspecified atom stereocenters. The Morgan fingerprint density at radius 2 is 1.19 bits per heavy atom. The second-order valence-electron chi connectivity index (χ2n) is 5.29. The Labute approximate surface area is 128 Å². The van der Waals surface area contributed by atoms with Crippen molar-refractivity contribution in [2.75, 3.05) is 13.1 Å². The first-order valence-corrected chi connectivity index (χ1v) is 9.19. The van der Waals surface area contributed by atoms with E-state index in [2.05, 4.69) is 18.5 Å². The number of hydrogen-bond donors (Lipinski definition) is 0. The van der Waals surface area contributed by atoms with Crippen LogP contribution in [0, 0.1) is 13.8 Å². The van der Waals surface area contributed by atoms with Crippen molar-refractivity contribution in [3.8, 4) is 0 Å². The van der Waals surface area contributed by atoms with E-state index >= 15 is 0 Å². The van der Waals surface area contributed by atoms with Gasteiger partial charge in [0.25, 0.3) is 0 Å². The molecule has 3 heteroatoms. The first kappa shape index (κ1) is 16.0. The summed E-state index contributed by atoms with van der Waals surface area (Å²) in [6, 6.07) is 16.1. The lowest BCUT2D eigenvalue weighted by atomic mass is 10.2. The van der Waals surface area contributed by atoms with Gasteiger partial charge in [-0.25, -0.2) is 4.67 Å². The molecule has 2 aromatic carbocycles. The monoisotopic (exact) mass is 301 g/mol. The Morgan fingerprint density at radius 1 is 0.810 bits per heavy atom. The minimum absolute atomic E-state index is 0.774. The summed E-state index contributed by atoms with van der Waals surface area (Å²) in [6.45, 7) is 9.79. The molecule has 2 nitrogen and oxygen atoms in total. The van der Waals surface area contributed by atoms with Crippen LogP contribution in [0.3, 0.4) is 0 Å². The topological polar surface area (TPSA) is 20.3 Å². The van der Waals surface area contributed by atoms with Crippen LogP contribution < -0.4 is 10.6 Å². The molecule has 0 bridgehead atoms. The summed E-state index contributed by atoms with van der Waals surface area (Å²) < 4.78 is 16.3. The molecule has 0 aliphatic heterocycles. The van der Waals surface area contributed by atoms with Gasteiger partial charge >= 0.3 is 0 Å². The summed E-state index contributed by atoms with van der Waals surface area (Å²) >= 11 is 0. The van der Waals surface area contributed by atoms with Crippen LogP contribution >= 0.6 is 7.29 Å². The summed E-state index contributed by atoms with van der Waals surface area (Å²) in [7, 11) is -2.78. The highest BCUT2D eigenvalue weighted by Gasteiger charge is 2.34. The summed E-state index contributed by atoms with van der Waals surface area (Å²) in [5.74, 6) is 0. The van der Waals surface area contributed by atoms with Gasteiger partial charge < -0.3 is 0 Å². The van der Waals surface area contributed by atoms with Crippen LogP contribution in [0.4, 0.5) is 0 Å². The van der Waals surface area contributed by atoms with Crippen LogP contribution in [0.1, 0.15) is 25.0 Å². The van der Waals surface area contributed by atoms with Crippen molar-refractivity contribution >= 4 is 17.9 Å². The van der Waals surface area contributed by atoms with Gasteiger partial charge in [0.15, 0.2) is 0 Å². The third kappa shape index (κ3) is 2.84. The standard InChI is InChI=1S/C18H24NOP/c1-5-19(6-2)21(20,17-13-9-7-11-15(17)3)18-14-10-8-12-16(18)4/h7-14H,5-6H2,1-4H3. The zero-order valence-corrected chi connectivity index (χ0v) is 14.2. The maximum Gasteiger partial charge on any atom is 0.207 e. The van der Waals surface area contributed by atoms with E-state index < -0.39 is 7.29 Å². The zero-order valence-electron chi connectivity index (χ0n) is 13.3. The molecule has 0 atom stereocenters. The molecule has 0 amide bonds. The highest BCUT2D eigenvalue weighted by atomic mass is 31.2. The Hall–Kier alpha value is -1.37. The van der Waals surface area contributed by atoms with E-state index in [1.54, 1.807) is 0 Å². The number of hydrogen-bond acceptors (Lipinski definition) is 1. The third-order valence-corrected chi connectivity index (χ3v) is 7.68. The Morgan fingerprint density at radius 3 is 1.52 bits per heavy atom. The SMILES string of the molecule is CCN(CC)P(=O)(c1ccccc1C)c1ccccc1C. The fourth-order valence-corrected chi connectivity index (χ4v) is 6.21. The molecule has 0 aliphatic carbocycles. The van der Waals surface area contributed by atoms with Crippen LogP contribution in [0.2, 0.25) is 0 Å². The molecule has 0 saturated carbocycles. The summed E-state index contributed by atoms with van der Waals surface area (Å²) in [6.07, 6.45) is 0. The minimum Gasteiger partial charge on any atom is -0.296 e. The van der Waals surface area contributed by atoms with Crippen molar-refractivity contribution < 1.29 is 4.57 Å². The largest absolute Gasteiger partial charge is 0.296 e. The molecule has 112 valence electrons. The summed E-state index contributed by atoms with van der Waals surface area (Å²) in [4.78, 5) is 0. The average molecular weight is 301 g/mol. The molecular weight excluding hydrogens is 277 g/mol. The van der Waals surface area contributed by atoms with Gasteiger partial charge in [-0.15, -0.1) is 0 Å². The zero-order chi connectivity index (χ0) is 15.5. The fraction of sp³-hybridized carbons (Fsp3) is 0.333. The summed E-state index contributed by atoms with van der Waals surface area (Å²) in [5.41, 5.74) is 2.19. The molecule has 0 N–H and O–H groups in total. The maximum atomic E-state index is 14.1. The van der Waals surface area contributed by atoms with Crippen molar-refractivity contribution in [2.45, 2.75) is 27.7 Å². The van der Waals surface area contributed by atoms with E-state index in [-0.39, 0.29) is 0 Å². The molecule has 21 heavy (non-hydrogen) atoms. The summed E-state index contributed by atoms with van der Waals surface area (Å²) in [5, 5.41) is 1.92. The lowest BCUT2D eigenvalue weighted by Crippen LogP contribution is -2.34. The molecule has 0 aromatic heterocycles. The van der Waals surface area contributed by atoms with Gasteiger partial charge in [-0.05, 0) is 37.1 Å². The number of aryl methyl sites for hydroxylation is 2. The first-order chi connectivity index (χ1) is 10.1. The van der Waals surface area contributed by atoms with E-state index in [4.69, 9.17) is 0 Å². The number of rotatable bonds is 5. The molecule has 0 aliphatic rings. The van der Waals surface area contributed by atoms with Crippen LogP contribution in [-0.2, 0) is 4.57 Å². The molecule has 0 fully saturated rings. The van der Waals surface area contributed by atoms with Gasteiger partial charge in [-0.3, -0.25) is 4.57 Å². The molecular formula is C18H24NOP. The second kappa shape index (κ2) is 6.60. The van der Waals surface area contributed by atoms with Gasteiger partial charge in [-0.2, -0.15) is 0 Å². The van der Waals surface area contributed by atoms with Crippen molar-refractivity contribution in [1.29, 1.82) is 0 Å². The molecule has 0 radical (unpaired) electrons. The molecule has 0 spiro atoms. The number of benzene rings is 2. The van der Waals surface area contributed by atoms with Crippen LogP contribution in [0.15, 0.2) is 48.5 Å². The lowest BCUT2D eigenvalue weighted by Gasteiger charge is -2.32. The van der Waals surface area contributed by atoms with E-state index in [0.29, 0.717) is 0 Å². The van der Waals surface area contributed by atoms with E-state index in [0.717, 1.165) is 34.8 Å². The highest BCUT2D eigenvalue weighted by Crippen LogP contribution is 2.48. The van der Waals surface area contributed by atoms with Gasteiger partial charge in [0.2, 0.25) is 7.29 Å². The van der Waals surface area contributed by atoms with E-state index in [1.807, 2.05) is 62.4 Å². The predicted molar refractivity (Wildman–Crippen MR) is 92.2 cm³/mol. The third-order valence-electron chi connectivity index (χ3n) is 4.01. The molecule has 2 rings (SSSR count).